The van der Waals surface area contributed by atoms with Gasteiger partial charge >= 0.3 is 6.09 Å². The summed E-state index contributed by atoms with van der Waals surface area (Å²) in [6, 6.07) is 24.9. The van der Waals surface area contributed by atoms with Gasteiger partial charge in [0.25, 0.3) is 0 Å². The molecule has 3 aromatic carbocycles. The lowest BCUT2D eigenvalue weighted by atomic mass is 9.89. The summed E-state index contributed by atoms with van der Waals surface area (Å²) in [6.45, 7) is 7.78. The van der Waals surface area contributed by atoms with Crippen molar-refractivity contribution in [2.75, 3.05) is 13.1 Å². The molecule has 4 rings (SSSR count). The van der Waals surface area contributed by atoms with Gasteiger partial charge in [0.1, 0.15) is 11.4 Å². The molecule has 0 bridgehead atoms. The van der Waals surface area contributed by atoms with Gasteiger partial charge in [0.05, 0.1) is 0 Å². The van der Waals surface area contributed by atoms with Crippen molar-refractivity contribution in [1.29, 1.82) is 0 Å². The number of hydrogen-bond donors (Lipinski definition) is 1. The lowest BCUT2D eigenvalue weighted by Gasteiger charge is -2.31. The summed E-state index contributed by atoms with van der Waals surface area (Å²) < 4.78 is 6.40. The highest BCUT2D eigenvalue weighted by Gasteiger charge is 2.22. The molecule has 1 saturated heterocycles. The molecule has 1 aliphatic rings. The number of carbonyl (C=O) groups excluding carboxylic acids is 1. The quantitative estimate of drug-likeness (QED) is 0.358. The third-order valence-corrected chi connectivity index (χ3v) is 6.66. The molecule has 5 nitrogen and oxygen atoms in total. The number of benzene rings is 3. The Morgan fingerprint density at radius 3 is 2.49 bits per heavy atom. The van der Waals surface area contributed by atoms with E-state index >= 15 is 0 Å². The second-order valence-corrected chi connectivity index (χ2v) is 10.8. The van der Waals surface area contributed by atoms with Crippen LogP contribution >= 0.6 is 15.9 Å². The number of nitrogens with one attached hydrogen (secondary N) is 1. The van der Waals surface area contributed by atoms with Gasteiger partial charge in [0.15, 0.2) is 0 Å². The van der Waals surface area contributed by atoms with Crippen LogP contribution in [-0.4, -0.2) is 29.8 Å². The summed E-state index contributed by atoms with van der Waals surface area (Å²) in [7, 11) is 0. The van der Waals surface area contributed by atoms with Gasteiger partial charge in [0.2, 0.25) is 0 Å². The van der Waals surface area contributed by atoms with Crippen molar-refractivity contribution in [2.24, 2.45) is 0 Å². The Morgan fingerprint density at radius 2 is 1.74 bits per heavy atom. The van der Waals surface area contributed by atoms with Crippen LogP contribution in [-0.2, 0) is 11.3 Å². The maximum absolute atomic E-state index is 12.0. The number of hydrogen-bond acceptors (Lipinski definition) is 4. The van der Waals surface area contributed by atoms with Crippen molar-refractivity contribution in [1.82, 2.24) is 10.4 Å². The minimum absolute atomic E-state index is 0.392. The van der Waals surface area contributed by atoms with E-state index in [0.29, 0.717) is 12.5 Å². The molecule has 0 aliphatic carbocycles. The van der Waals surface area contributed by atoms with E-state index in [1.807, 2.05) is 51.1 Å². The predicted molar refractivity (Wildman–Crippen MR) is 143 cm³/mol. The third-order valence-electron chi connectivity index (χ3n) is 5.97. The minimum atomic E-state index is -0.498. The molecule has 1 fully saturated rings. The highest BCUT2D eigenvalue weighted by molar-refractivity contribution is 9.10. The second-order valence-electron chi connectivity index (χ2n) is 9.90. The average molecular weight is 537 g/mol. The van der Waals surface area contributed by atoms with E-state index in [1.54, 1.807) is 0 Å². The normalized spacial score (nSPS) is 15.0. The van der Waals surface area contributed by atoms with Crippen molar-refractivity contribution in [3.05, 3.63) is 88.4 Å². The first-order valence-corrected chi connectivity index (χ1v) is 12.9. The first kappa shape index (κ1) is 25.3. The maximum Gasteiger partial charge on any atom is 0.407 e. The predicted octanol–water partition coefficient (Wildman–Crippen LogP) is 7.31. The van der Waals surface area contributed by atoms with Crippen LogP contribution in [0, 0.1) is 0 Å². The van der Waals surface area contributed by atoms with Crippen LogP contribution < -0.4 is 10.2 Å². The third kappa shape index (κ3) is 7.33. The number of rotatable bonds is 6. The van der Waals surface area contributed by atoms with Crippen molar-refractivity contribution in [3.63, 3.8) is 0 Å². The van der Waals surface area contributed by atoms with Crippen LogP contribution in [0.25, 0.3) is 11.1 Å². The van der Waals surface area contributed by atoms with Gasteiger partial charge in [0, 0.05) is 24.1 Å². The molecule has 1 amide bonds. The van der Waals surface area contributed by atoms with Crippen molar-refractivity contribution < 1.29 is 14.4 Å². The topological polar surface area (TPSA) is 50.8 Å². The largest absolute Gasteiger partial charge is 0.444 e. The molecule has 1 N–H and O–H groups in total. The number of halogens is 1. The van der Waals surface area contributed by atoms with E-state index in [1.165, 1.54) is 5.56 Å². The van der Waals surface area contributed by atoms with E-state index < -0.39 is 11.7 Å². The van der Waals surface area contributed by atoms with Gasteiger partial charge in [-0.2, -0.15) is 0 Å². The molecule has 3 aromatic rings. The van der Waals surface area contributed by atoms with Crippen LogP contribution in [0.1, 0.15) is 50.7 Å². The van der Waals surface area contributed by atoms with Crippen LogP contribution in [0.4, 0.5) is 4.79 Å². The molecule has 1 aliphatic heterocycles. The van der Waals surface area contributed by atoms with Crippen molar-refractivity contribution >= 4 is 22.0 Å². The summed E-state index contributed by atoms with van der Waals surface area (Å²) in [5.74, 6) is 1.33. The maximum atomic E-state index is 12.0. The van der Waals surface area contributed by atoms with Crippen LogP contribution in [0.3, 0.4) is 0 Å². The van der Waals surface area contributed by atoms with Gasteiger partial charge < -0.3 is 14.9 Å². The number of nitrogens with zero attached hydrogens (tertiary/aromatic N) is 1. The van der Waals surface area contributed by atoms with Crippen LogP contribution in [0.2, 0.25) is 0 Å². The van der Waals surface area contributed by atoms with Crippen molar-refractivity contribution in [3.8, 4) is 16.9 Å². The first-order chi connectivity index (χ1) is 16.8. The summed E-state index contributed by atoms with van der Waals surface area (Å²) in [4.78, 5) is 18.2. The van der Waals surface area contributed by atoms with Crippen molar-refractivity contribution in [2.45, 2.75) is 51.7 Å². The molecule has 0 unspecified atom stereocenters. The highest BCUT2D eigenvalue weighted by Crippen LogP contribution is 2.32. The molecule has 0 spiro atoms. The first-order valence-electron chi connectivity index (χ1n) is 12.1. The molecule has 35 heavy (non-hydrogen) atoms. The number of hydroxylamine groups is 2. The highest BCUT2D eigenvalue weighted by atomic mass is 79.9. The summed E-state index contributed by atoms with van der Waals surface area (Å²) in [5, 5.41) is 4.91. The number of alkyl carbamates (subject to hydrolysis) is 1. The Kier molecular flexibility index (Phi) is 8.14. The lowest BCUT2D eigenvalue weighted by molar-refractivity contribution is -0.0755. The Balaban J connectivity index is 1.31. The lowest BCUT2D eigenvalue weighted by Crippen LogP contribution is -2.35. The zero-order valence-corrected chi connectivity index (χ0v) is 22.2. The zero-order chi connectivity index (χ0) is 24.8. The number of carbonyl (C=O) groups is 1. The Hall–Kier alpha value is -2.83. The fourth-order valence-corrected chi connectivity index (χ4v) is 4.80. The smallest absolute Gasteiger partial charge is 0.407 e. The molecule has 0 atom stereocenters. The Morgan fingerprint density at radius 1 is 1.00 bits per heavy atom. The summed E-state index contributed by atoms with van der Waals surface area (Å²) >= 11 is 3.64. The van der Waals surface area contributed by atoms with Gasteiger partial charge in [-0.15, -0.1) is 5.06 Å². The summed E-state index contributed by atoms with van der Waals surface area (Å²) in [6.07, 6.45) is 1.65. The van der Waals surface area contributed by atoms with E-state index in [4.69, 9.17) is 9.57 Å². The standard InChI is InChI=1S/C29H33BrN2O3/c1-29(2,3)34-28(33)31-20-21-8-6-9-23(18-21)22-14-16-32(17-15-22)35-25-11-7-10-24(19-25)26-12-4-5-13-27(26)30/h4-13,18-19,22H,14-17,20H2,1-3H3,(H,31,33). The van der Waals surface area contributed by atoms with Crippen LogP contribution in [0.5, 0.6) is 5.75 Å². The SMILES string of the molecule is CC(C)(C)OC(=O)NCc1cccc(C2CCN(Oc3cccc(-c4ccccc4Br)c3)CC2)c1. The number of piperidine rings is 1. The Labute approximate surface area is 216 Å². The van der Waals surface area contributed by atoms with E-state index in [9.17, 15) is 4.79 Å². The molecule has 6 heteroatoms. The molecule has 1 heterocycles. The molecular weight excluding hydrogens is 504 g/mol. The Bertz CT molecular complexity index is 1150. The van der Waals surface area contributed by atoms with E-state index in [-0.39, 0.29) is 0 Å². The van der Waals surface area contributed by atoms with Gasteiger partial charge in [-0.25, -0.2) is 4.79 Å². The van der Waals surface area contributed by atoms with Gasteiger partial charge in [-0.1, -0.05) is 70.5 Å². The fraction of sp³-hybridized carbons (Fsp3) is 0.345. The fourth-order valence-electron chi connectivity index (χ4n) is 4.29. The summed E-state index contributed by atoms with van der Waals surface area (Å²) in [5.41, 5.74) is 4.17. The zero-order valence-electron chi connectivity index (χ0n) is 20.6. The molecule has 0 aromatic heterocycles. The minimum Gasteiger partial charge on any atom is -0.444 e. The van der Waals surface area contributed by atoms with E-state index in [2.05, 4.69) is 68.8 Å². The number of ether oxygens (including phenoxy) is 1. The molecule has 0 radical (unpaired) electrons. The van der Waals surface area contributed by atoms with E-state index in [0.717, 1.165) is 52.8 Å². The molecule has 0 saturated carbocycles. The second kappa shape index (κ2) is 11.3. The van der Waals surface area contributed by atoms with Crippen LogP contribution in [0.15, 0.2) is 77.3 Å². The van der Waals surface area contributed by atoms with Gasteiger partial charge in [-0.3, -0.25) is 0 Å². The monoisotopic (exact) mass is 536 g/mol. The molecular formula is C29H33BrN2O3. The average Bonchev–Trinajstić information content (AvgIpc) is 2.83. The number of amides is 1. The molecule has 184 valence electrons. The van der Waals surface area contributed by atoms with Gasteiger partial charge in [-0.05, 0) is 80.0 Å².